The van der Waals surface area contributed by atoms with E-state index >= 15 is 0 Å². The van der Waals surface area contributed by atoms with E-state index in [4.69, 9.17) is 4.74 Å². The number of hydrogen-bond donors (Lipinski definition) is 2. The number of H-pyrrole nitrogens is 1. The van der Waals surface area contributed by atoms with Gasteiger partial charge in [0.05, 0.1) is 29.0 Å². The van der Waals surface area contributed by atoms with Crippen LogP contribution in [0.1, 0.15) is 18.7 Å². The normalized spacial score (nSPS) is 19.6. The molecule has 4 rings (SSSR count). The zero-order valence-electron chi connectivity index (χ0n) is 15.7. The first-order chi connectivity index (χ1) is 13.4. The molecule has 1 aromatic heterocycles. The second-order valence-electron chi connectivity index (χ2n) is 7.29. The van der Waals surface area contributed by atoms with E-state index in [2.05, 4.69) is 15.3 Å². The van der Waals surface area contributed by atoms with Crippen molar-refractivity contribution in [2.75, 3.05) is 37.9 Å². The molecule has 2 aliphatic rings. The molecule has 0 atom stereocenters. The Balaban J connectivity index is 1.44. The van der Waals surface area contributed by atoms with Crippen LogP contribution in [-0.4, -0.2) is 66.5 Å². The lowest BCUT2D eigenvalue weighted by Gasteiger charge is -2.38. The van der Waals surface area contributed by atoms with Crippen LogP contribution in [-0.2, 0) is 20.5 Å². The number of aromatic amines is 1. The zero-order chi connectivity index (χ0) is 19.7. The standard InChI is InChI=1S/C18H24N4O4S2/c1-28(24,25)22-9-13(10-22)19-12-2-3-15-16(8-12)20-17(21-18(15)23)11-27-14-4-6-26-7-5-14/h2-3,8,13-14,19H,4-7,9-11H2,1H3,(H,20,21,23). The lowest BCUT2D eigenvalue weighted by Crippen LogP contribution is -2.56. The van der Waals surface area contributed by atoms with Gasteiger partial charge in [-0.25, -0.2) is 13.4 Å². The molecular formula is C18H24N4O4S2. The Morgan fingerprint density at radius 3 is 2.79 bits per heavy atom. The maximum absolute atomic E-state index is 12.4. The highest BCUT2D eigenvalue weighted by molar-refractivity contribution is 7.99. The molecule has 2 fully saturated rings. The molecule has 1 aromatic carbocycles. The highest BCUT2D eigenvalue weighted by Crippen LogP contribution is 2.25. The van der Waals surface area contributed by atoms with Crippen LogP contribution in [0, 0.1) is 0 Å². The van der Waals surface area contributed by atoms with Crippen LogP contribution >= 0.6 is 11.8 Å². The second kappa shape index (κ2) is 8.02. The average Bonchev–Trinajstić information content (AvgIpc) is 2.62. The van der Waals surface area contributed by atoms with Crippen molar-refractivity contribution in [1.29, 1.82) is 0 Å². The zero-order valence-corrected chi connectivity index (χ0v) is 17.3. The lowest BCUT2D eigenvalue weighted by atomic mass is 10.1. The van der Waals surface area contributed by atoms with Crippen LogP contribution in [0.4, 0.5) is 5.69 Å². The minimum atomic E-state index is -3.13. The molecule has 0 unspecified atom stereocenters. The van der Waals surface area contributed by atoms with Crippen molar-refractivity contribution in [1.82, 2.24) is 14.3 Å². The van der Waals surface area contributed by atoms with E-state index in [1.165, 1.54) is 10.6 Å². The summed E-state index contributed by atoms with van der Waals surface area (Å²) in [6, 6.07) is 5.51. The van der Waals surface area contributed by atoms with Gasteiger partial charge in [0.2, 0.25) is 10.0 Å². The van der Waals surface area contributed by atoms with E-state index in [1.54, 1.807) is 6.07 Å². The Bertz CT molecular complexity index is 1010. The Hall–Kier alpha value is -1.62. The maximum atomic E-state index is 12.4. The smallest absolute Gasteiger partial charge is 0.258 e. The van der Waals surface area contributed by atoms with Crippen molar-refractivity contribution >= 4 is 38.4 Å². The summed E-state index contributed by atoms with van der Waals surface area (Å²) in [6.45, 7) is 2.50. The first-order valence-corrected chi connectivity index (χ1v) is 12.2. The average molecular weight is 425 g/mol. The minimum Gasteiger partial charge on any atom is -0.381 e. The molecule has 2 saturated heterocycles. The van der Waals surface area contributed by atoms with Gasteiger partial charge in [-0.2, -0.15) is 16.1 Å². The van der Waals surface area contributed by atoms with Crippen molar-refractivity contribution in [2.24, 2.45) is 0 Å². The molecule has 0 aliphatic carbocycles. The van der Waals surface area contributed by atoms with Gasteiger partial charge in [-0.15, -0.1) is 0 Å². The van der Waals surface area contributed by atoms with Gasteiger partial charge in [0.15, 0.2) is 0 Å². The van der Waals surface area contributed by atoms with Gasteiger partial charge in [0, 0.05) is 37.2 Å². The molecule has 28 heavy (non-hydrogen) atoms. The van der Waals surface area contributed by atoms with E-state index in [1.807, 2.05) is 23.9 Å². The van der Waals surface area contributed by atoms with Gasteiger partial charge in [-0.05, 0) is 31.0 Å². The Labute approximate surface area is 168 Å². The summed E-state index contributed by atoms with van der Waals surface area (Å²) in [5, 5.41) is 4.41. The predicted octanol–water partition coefficient (Wildman–Crippen LogP) is 1.39. The molecule has 8 nitrogen and oxygen atoms in total. The van der Waals surface area contributed by atoms with E-state index in [9.17, 15) is 13.2 Å². The predicted molar refractivity (Wildman–Crippen MR) is 111 cm³/mol. The number of nitrogens with one attached hydrogen (secondary N) is 2. The molecule has 2 aromatic rings. The molecule has 0 radical (unpaired) electrons. The number of sulfonamides is 1. The van der Waals surface area contributed by atoms with Crippen LogP contribution in [0.15, 0.2) is 23.0 Å². The highest BCUT2D eigenvalue weighted by atomic mass is 32.2. The summed E-state index contributed by atoms with van der Waals surface area (Å²) in [6.07, 6.45) is 3.28. The third-order valence-corrected chi connectivity index (χ3v) is 7.69. The van der Waals surface area contributed by atoms with E-state index < -0.39 is 10.0 Å². The molecule has 0 bridgehead atoms. The minimum absolute atomic E-state index is 0.0673. The molecule has 10 heteroatoms. The Kier molecular flexibility index (Phi) is 5.64. The second-order valence-corrected chi connectivity index (χ2v) is 10.6. The summed E-state index contributed by atoms with van der Waals surface area (Å²) < 4.78 is 29.8. The van der Waals surface area contributed by atoms with Gasteiger partial charge in [-0.3, -0.25) is 4.79 Å². The number of thioether (sulfide) groups is 1. The molecule has 152 valence electrons. The van der Waals surface area contributed by atoms with Crippen molar-refractivity contribution in [3.05, 3.63) is 34.4 Å². The van der Waals surface area contributed by atoms with Gasteiger partial charge in [0.25, 0.3) is 5.56 Å². The van der Waals surface area contributed by atoms with Gasteiger partial charge >= 0.3 is 0 Å². The van der Waals surface area contributed by atoms with Crippen molar-refractivity contribution in [3.8, 4) is 0 Å². The summed E-state index contributed by atoms with van der Waals surface area (Å²) in [4.78, 5) is 19.9. The van der Waals surface area contributed by atoms with Crippen LogP contribution in [0.5, 0.6) is 0 Å². The number of fused-ring (bicyclic) bond motifs is 1. The van der Waals surface area contributed by atoms with Crippen molar-refractivity contribution < 1.29 is 13.2 Å². The fourth-order valence-corrected chi connectivity index (χ4v) is 5.38. The first-order valence-electron chi connectivity index (χ1n) is 9.32. The quantitative estimate of drug-likeness (QED) is 0.722. The van der Waals surface area contributed by atoms with Crippen LogP contribution in [0.3, 0.4) is 0 Å². The molecular weight excluding hydrogens is 400 g/mol. The number of benzene rings is 1. The molecule has 3 heterocycles. The third kappa shape index (κ3) is 4.51. The topological polar surface area (TPSA) is 104 Å². The Morgan fingerprint density at radius 2 is 2.07 bits per heavy atom. The number of aromatic nitrogens is 2. The first kappa shape index (κ1) is 19.7. The van der Waals surface area contributed by atoms with Gasteiger partial charge in [0.1, 0.15) is 5.82 Å². The largest absolute Gasteiger partial charge is 0.381 e. The van der Waals surface area contributed by atoms with Gasteiger partial charge in [-0.1, -0.05) is 0 Å². The molecule has 0 amide bonds. The van der Waals surface area contributed by atoms with E-state index in [-0.39, 0.29) is 11.6 Å². The number of anilines is 1. The summed E-state index contributed by atoms with van der Waals surface area (Å²) >= 11 is 1.81. The Morgan fingerprint density at radius 1 is 1.32 bits per heavy atom. The fourth-order valence-electron chi connectivity index (χ4n) is 3.42. The molecule has 0 saturated carbocycles. The van der Waals surface area contributed by atoms with Crippen molar-refractivity contribution in [2.45, 2.75) is 29.9 Å². The SMILES string of the molecule is CS(=O)(=O)N1CC(Nc2ccc3c(=O)[nH]c(CSC4CCOCC4)nc3c2)C1. The summed E-state index contributed by atoms with van der Waals surface area (Å²) in [5.74, 6) is 1.34. The summed E-state index contributed by atoms with van der Waals surface area (Å²) in [7, 11) is -3.13. The monoisotopic (exact) mass is 424 g/mol. The number of hydrogen-bond acceptors (Lipinski definition) is 7. The van der Waals surface area contributed by atoms with Crippen LogP contribution < -0.4 is 10.9 Å². The maximum Gasteiger partial charge on any atom is 0.258 e. The van der Waals surface area contributed by atoms with Crippen molar-refractivity contribution in [3.63, 3.8) is 0 Å². The van der Waals surface area contributed by atoms with E-state index in [0.29, 0.717) is 40.8 Å². The molecule has 0 spiro atoms. The third-order valence-electron chi connectivity index (χ3n) is 5.07. The van der Waals surface area contributed by atoms with Crippen LogP contribution in [0.25, 0.3) is 10.9 Å². The number of nitrogens with zero attached hydrogens (tertiary/aromatic N) is 2. The van der Waals surface area contributed by atoms with E-state index in [0.717, 1.165) is 31.7 Å². The number of ether oxygens (including phenoxy) is 1. The molecule has 2 aliphatic heterocycles. The van der Waals surface area contributed by atoms with Gasteiger partial charge < -0.3 is 15.0 Å². The lowest BCUT2D eigenvalue weighted by molar-refractivity contribution is 0.1000. The highest BCUT2D eigenvalue weighted by Gasteiger charge is 2.32. The fraction of sp³-hybridized carbons (Fsp3) is 0.556. The number of rotatable bonds is 6. The summed E-state index contributed by atoms with van der Waals surface area (Å²) in [5.41, 5.74) is 1.36. The molecule has 2 N–H and O–H groups in total. The van der Waals surface area contributed by atoms with Crippen LogP contribution in [0.2, 0.25) is 0 Å².